The molecule has 1 aromatic carbocycles. The first kappa shape index (κ1) is 24.8. The van der Waals surface area contributed by atoms with Crippen LogP contribution in [0.1, 0.15) is 32.1 Å². The summed E-state index contributed by atoms with van der Waals surface area (Å²) in [4.78, 5) is 13.3. The van der Waals surface area contributed by atoms with Crippen molar-refractivity contribution >= 4 is 56.1 Å². The summed E-state index contributed by atoms with van der Waals surface area (Å²) in [5.41, 5.74) is 1.20. The zero-order valence-electron chi connectivity index (χ0n) is 18.2. The first-order chi connectivity index (χ1) is 16.1. The van der Waals surface area contributed by atoms with Gasteiger partial charge in [0.15, 0.2) is 17.0 Å². The lowest BCUT2D eigenvalue weighted by atomic mass is 9.93. The first-order valence-electron chi connectivity index (χ1n) is 10.7. The van der Waals surface area contributed by atoms with Crippen LogP contribution in [0.5, 0.6) is 5.75 Å². The van der Waals surface area contributed by atoms with E-state index >= 15 is 0 Å². The highest BCUT2D eigenvalue weighted by Crippen LogP contribution is 2.37. The van der Waals surface area contributed by atoms with Crippen LogP contribution in [0.25, 0.3) is 11.2 Å². The topological polar surface area (TPSA) is 97.1 Å². The van der Waals surface area contributed by atoms with Crippen LogP contribution in [0.3, 0.4) is 0 Å². The van der Waals surface area contributed by atoms with Crippen molar-refractivity contribution in [2.24, 2.45) is 0 Å². The van der Waals surface area contributed by atoms with Crippen LogP contribution in [-0.2, 0) is 6.54 Å². The number of anilines is 3. The maximum Gasteiger partial charge on any atom is 0.390 e. The molecule has 1 fully saturated rings. The predicted octanol–water partition coefficient (Wildman–Crippen LogP) is 5.66. The maximum atomic E-state index is 12.8. The van der Waals surface area contributed by atoms with Crippen LogP contribution in [0.4, 0.5) is 30.6 Å². The molecular weight excluding hydrogens is 541 g/mol. The van der Waals surface area contributed by atoms with Gasteiger partial charge in [-0.25, -0.2) is 4.98 Å². The molecular formula is C21H23BrClF3N6O2. The van der Waals surface area contributed by atoms with Crippen LogP contribution in [-0.4, -0.2) is 50.1 Å². The monoisotopic (exact) mass is 562 g/mol. The molecule has 3 N–H and O–H groups in total. The van der Waals surface area contributed by atoms with Gasteiger partial charge in [0.05, 0.1) is 31.0 Å². The summed E-state index contributed by atoms with van der Waals surface area (Å²) < 4.78 is 45.8. The highest BCUT2D eigenvalue weighted by molar-refractivity contribution is 9.10. The zero-order valence-corrected chi connectivity index (χ0v) is 20.5. The fraction of sp³-hybridized carbons (Fsp3) is 0.476. The molecule has 0 bridgehead atoms. The summed E-state index contributed by atoms with van der Waals surface area (Å²) in [5.74, 6) is 1.02. The van der Waals surface area contributed by atoms with E-state index in [0.29, 0.717) is 45.1 Å². The molecule has 184 valence electrons. The largest absolute Gasteiger partial charge is 0.495 e. The average molecular weight is 564 g/mol. The van der Waals surface area contributed by atoms with Crippen LogP contribution in [0.15, 0.2) is 22.9 Å². The van der Waals surface area contributed by atoms with Crippen LogP contribution in [0.2, 0.25) is 5.02 Å². The van der Waals surface area contributed by atoms with Crippen molar-refractivity contribution in [1.29, 1.82) is 0 Å². The molecule has 1 aliphatic carbocycles. The van der Waals surface area contributed by atoms with Crippen LogP contribution >= 0.6 is 27.5 Å². The van der Waals surface area contributed by atoms with Crippen LogP contribution < -0.4 is 15.4 Å². The second-order valence-corrected chi connectivity index (χ2v) is 9.35. The van der Waals surface area contributed by atoms with Crippen molar-refractivity contribution in [2.45, 2.75) is 57.0 Å². The van der Waals surface area contributed by atoms with E-state index in [0.717, 1.165) is 12.8 Å². The smallest absolute Gasteiger partial charge is 0.390 e. The lowest BCUT2D eigenvalue weighted by Gasteiger charge is -2.26. The van der Waals surface area contributed by atoms with E-state index in [4.69, 9.17) is 16.3 Å². The number of aromatic nitrogens is 4. The van der Waals surface area contributed by atoms with Gasteiger partial charge in [-0.15, -0.1) is 0 Å². The average Bonchev–Trinajstić information content (AvgIpc) is 3.19. The summed E-state index contributed by atoms with van der Waals surface area (Å²) in [6.45, 7) is -0.314. The molecule has 2 heterocycles. The molecule has 2 aromatic heterocycles. The second kappa shape index (κ2) is 10.1. The molecule has 13 heteroatoms. The van der Waals surface area contributed by atoms with E-state index in [2.05, 4.69) is 41.5 Å². The minimum atomic E-state index is -4.30. The number of halogens is 5. The molecule has 0 radical (unpaired) electrons. The Morgan fingerprint density at radius 1 is 1.24 bits per heavy atom. The number of aryl methyl sites for hydroxylation is 1. The Hall–Kier alpha value is -2.31. The van der Waals surface area contributed by atoms with Crippen molar-refractivity contribution in [3.63, 3.8) is 0 Å². The fourth-order valence-electron chi connectivity index (χ4n) is 3.83. The molecule has 0 unspecified atom stereocenters. The number of aliphatic hydroxyl groups is 1. The highest BCUT2D eigenvalue weighted by atomic mass is 79.9. The summed E-state index contributed by atoms with van der Waals surface area (Å²) in [6, 6.07) is 3.46. The number of fused-ring (bicyclic) bond motifs is 1. The minimum Gasteiger partial charge on any atom is -0.495 e. The number of aliphatic hydroxyl groups excluding tert-OH is 1. The van der Waals surface area contributed by atoms with E-state index in [-0.39, 0.29) is 30.3 Å². The van der Waals surface area contributed by atoms with Gasteiger partial charge in [0.2, 0.25) is 5.95 Å². The number of hydrogen-bond acceptors (Lipinski definition) is 7. The SMILES string of the molecule is COc1cc(Nc2nc(NC3CCC(O)CC3)nc3c2ncn3CCC(F)(F)F)cc(Br)c1Cl. The van der Waals surface area contributed by atoms with Gasteiger partial charge in [0.25, 0.3) is 0 Å². The van der Waals surface area contributed by atoms with E-state index in [1.165, 1.54) is 18.0 Å². The third-order valence-corrected chi connectivity index (χ3v) is 6.85. The Balaban J connectivity index is 1.70. The normalized spacial score (nSPS) is 18.8. The Kier molecular flexibility index (Phi) is 7.39. The standard InChI is InChI=1S/C21H23BrClF3N6O2/c1-34-15-9-12(8-14(22)16(15)23)28-18-17-19(32(10-27-17)7-6-21(24,25)26)31-20(30-18)29-11-2-4-13(33)5-3-11/h8-11,13,33H,2-7H2,1H3,(H2,28,29,30,31). The van der Waals surface area contributed by atoms with E-state index in [1.807, 2.05) is 0 Å². The Morgan fingerprint density at radius 3 is 2.65 bits per heavy atom. The van der Waals surface area contributed by atoms with Crippen molar-refractivity contribution in [1.82, 2.24) is 19.5 Å². The van der Waals surface area contributed by atoms with Gasteiger partial charge >= 0.3 is 6.18 Å². The number of hydrogen-bond donors (Lipinski definition) is 3. The number of ether oxygens (including phenoxy) is 1. The Bertz CT molecular complexity index is 1170. The first-order valence-corrected chi connectivity index (χ1v) is 11.8. The predicted molar refractivity (Wildman–Crippen MR) is 127 cm³/mol. The lowest BCUT2D eigenvalue weighted by Crippen LogP contribution is -2.29. The third-order valence-electron chi connectivity index (χ3n) is 5.61. The third kappa shape index (κ3) is 5.84. The molecule has 1 aliphatic rings. The van der Waals surface area contributed by atoms with Crippen molar-refractivity contribution in [2.75, 3.05) is 17.7 Å². The molecule has 0 saturated heterocycles. The van der Waals surface area contributed by atoms with Crippen molar-refractivity contribution < 1.29 is 23.0 Å². The summed E-state index contributed by atoms with van der Waals surface area (Å²) in [5, 5.41) is 16.6. The van der Waals surface area contributed by atoms with Crippen molar-refractivity contribution in [3.05, 3.63) is 28.0 Å². The van der Waals surface area contributed by atoms with E-state index in [1.54, 1.807) is 12.1 Å². The van der Waals surface area contributed by atoms with Gasteiger partial charge in [-0.05, 0) is 47.7 Å². The van der Waals surface area contributed by atoms with Gasteiger partial charge in [0, 0.05) is 28.8 Å². The highest BCUT2D eigenvalue weighted by Gasteiger charge is 2.28. The Morgan fingerprint density at radius 2 is 1.97 bits per heavy atom. The zero-order chi connectivity index (χ0) is 24.5. The van der Waals surface area contributed by atoms with Crippen molar-refractivity contribution in [3.8, 4) is 5.75 Å². The number of nitrogens with zero attached hydrogens (tertiary/aromatic N) is 4. The number of nitrogens with one attached hydrogen (secondary N) is 2. The quantitative estimate of drug-likeness (QED) is 0.341. The molecule has 0 amide bonds. The van der Waals surface area contributed by atoms with Gasteiger partial charge in [-0.2, -0.15) is 23.1 Å². The van der Waals surface area contributed by atoms with Gasteiger partial charge in [0.1, 0.15) is 5.75 Å². The molecule has 0 spiro atoms. The van der Waals surface area contributed by atoms with E-state index < -0.39 is 12.6 Å². The number of imidazole rings is 1. The fourth-order valence-corrected chi connectivity index (χ4v) is 4.46. The van der Waals surface area contributed by atoms with E-state index in [9.17, 15) is 18.3 Å². The molecule has 34 heavy (non-hydrogen) atoms. The minimum absolute atomic E-state index is 0.0463. The van der Waals surface area contributed by atoms with Crippen LogP contribution in [0, 0.1) is 0 Å². The van der Waals surface area contributed by atoms with Gasteiger partial charge < -0.3 is 25.0 Å². The maximum absolute atomic E-state index is 12.8. The van der Waals surface area contributed by atoms with Gasteiger partial charge in [-0.1, -0.05) is 11.6 Å². The number of rotatable bonds is 7. The molecule has 8 nitrogen and oxygen atoms in total. The molecule has 1 saturated carbocycles. The molecule has 0 aliphatic heterocycles. The summed E-state index contributed by atoms with van der Waals surface area (Å²) >= 11 is 9.61. The summed E-state index contributed by atoms with van der Waals surface area (Å²) in [6.07, 6.45) is -1.51. The molecule has 3 aromatic rings. The number of methoxy groups -OCH3 is 1. The second-order valence-electron chi connectivity index (χ2n) is 8.12. The molecule has 4 rings (SSSR count). The lowest BCUT2D eigenvalue weighted by molar-refractivity contribution is -0.136. The Labute approximate surface area is 207 Å². The van der Waals surface area contributed by atoms with Gasteiger partial charge in [-0.3, -0.25) is 0 Å². The number of benzene rings is 1. The number of alkyl halides is 3. The molecule has 0 atom stereocenters. The summed E-state index contributed by atoms with van der Waals surface area (Å²) in [7, 11) is 1.49.